The Hall–Kier alpha value is -3.03. The molecule has 1 heterocycles. The van der Waals surface area contributed by atoms with Crippen LogP contribution in [0.15, 0.2) is 23.5 Å². The maximum Gasteiger partial charge on any atom is 0.329 e. The summed E-state index contributed by atoms with van der Waals surface area (Å²) >= 11 is 0. The van der Waals surface area contributed by atoms with Gasteiger partial charge in [-0.15, -0.1) is 0 Å². The van der Waals surface area contributed by atoms with E-state index in [0.717, 1.165) is 32.1 Å². The third-order valence-corrected chi connectivity index (χ3v) is 13.5. The molecule has 0 aromatic carbocycles. The zero-order chi connectivity index (χ0) is 33.7. The van der Waals surface area contributed by atoms with Crippen LogP contribution in [0, 0.1) is 56.5 Å². The fraction of sp³-hybridized carbons (Fsp3) is 0.794. The first-order valence-electron chi connectivity index (χ1n) is 17.5. The van der Waals surface area contributed by atoms with Gasteiger partial charge < -0.3 is 20.3 Å². The molecule has 5 N–H and O–H groups in total. The molecule has 4 saturated carbocycles. The van der Waals surface area contributed by atoms with Gasteiger partial charge in [0.25, 0.3) is 5.70 Å². The van der Waals surface area contributed by atoms with Crippen LogP contribution >= 0.6 is 0 Å². The van der Waals surface area contributed by atoms with E-state index in [1.807, 2.05) is 0 Å². The van der Waals surface area contributed by atoms with Crippen molar-refractivity contribution < 1.29 is 39.2 Å². The number of carboxylic acid groups (broad SMARTS) is 2. The van der Waals surface area contributed by atoms with E-state index in [0.29, 0.717) is 41.2 Å². The van der Waals surface area contributed by atoms with E-state index in [1.165, 1.54) is 44.3 Å². The van der Waals surface area contributed by atoms with Gasteiger partial charge in [0.15, 0.2) is 0 Å². The Kier molecular flexibility index (Phi) is 9.45. The summed E-state index contributed by atoms with van der Waals surface area (Å²) in [7, 11) is 0. The molecule has 13 nitrogen and oxygen atoms in total. The van der Waals surface area contributed by atoms with Crippen LogP contribution in [0.3, 0.4) is 0 Å². The topological polar surface area (TPSA) is 189 Å². The van der Waals surface area contributed by atoms with Crippen LogP contribution in [0.4, 0.5) is 0 Å². The van der Waals surface area contributed by atoms with Gasteiger partial charge >= 0.3 is 17.9 Å². The highest BCUT2D eigenvalue weighted by Crippen LogP contribution is 2.68. The third kappa shape index (κ3) is 6.30. The van der Waals surface area contributed by atoms with E-state index in [9.17, 15) is 34.7 Å². The number of nitro groups is 1. The monoisotopic (exact) mass is 658 g/mol. The van der Waals surface area contributed by atoms with Gasteiger partial charge in [-0.05, 0) is 117 Å². The second-order valence-corrected chi connectivity index (χ2v) is 15.7. The number of fused-ring (bicyclic) bond motifs is 6. The number of allylic oxidation sites excluding steroid dienone is 2. The SMILES string of the molecule is C[C@H](CCC(=O)O)C1CC[C@H]2[C@@H]3CC[C@@H]4C[C@@H](OC(=O)[C@H](CC(=O)O)NC5=CC=C([N+](=O)[O-])C6NONC56)CC[C@]4(C)[C@H]3CC[C@]12C. The number of carboxylic acids is 2. The van der Waals surface area contributed by atoms with Crippen molar-refractivity contribution in [2.24, 2.45) is 46.3 Å². The van der Waals surface area contributed by atoms with Gasteiger partial charge in [0, 0.05) is 18.2 Å². The molecule has 1 aliphatic heterocycles. The summed E-state index contributed by atoms with van der Waals surface area (Å²) in [6, 6.07) is -2.67. The summed E-state index contributed by atoms with van der Waals surface area (Å²) in [5.41, 5.74) is 5.94. The van der Waals surface area contributed by atoms with E-state index < -0.39 is 47.4 Å². The molecule has 47 heavy (non-hydrogen) atoms. The minimum absolute atomic E-state index is 0.108. The molecule has 3 unspecified atom stereocenters. The summed E-state index contributed by atoms with van der Waals surface area (Å²) in [6.45, 7) is 7.20. The van der Waals surface area contributed by atoms with Crippen molar-refractivity contribution >= 4 is 17.9 Å². The Labute approximate surface area is 275 Å². The van der Waals surface area contributed by atoms with Crippen molar-refractivity contribution in [1.82, 2.24) is 16.3 Å². The number of nitrogens with zero attached hydrogens (tertiary/aromatic N) is 1. The van der Waals surface area contributed by atoms with Crippen LogP contribution < -0.4 is 16.3 Å². The number of carbonyl (C=O) groups is 3. The molecule has 1 saturated heterocycles. The zero-order valence-electron chi connectivity index (χ0n) is 27.6. The van der Waals surface area contributed by atoms with Crippen LogP contribution in [0.5, 0.6) is 0 Å². The van der Waals surface area contributed by atoms with E-state index >= 15 is 0 Å². The molecule has 0 spiro atoms. The van der Waals surface area contributed by atoms with E-state index in [-0.39, 0.29) is 29.1 Å². The Bertz CT molecular complexity index is 1340. The van der Waals surface area contributed by atoms with Crippen LogP contribution in [0.1, 0.15) is 97.8 Å². The lowest BCUT2D eigenvalue weighted by Gasteiger charge is -2.61. The Morgan fingerprint density at radius 1 is 1.02 bits per heavy atom. The lowest BCUT2D eigenvalue weighted by molar-refractivity contribution is -0.431. The van der Waals surface area contributed by atoms with Crippen LogP contribution in [0.2, 0.25) is 0 Å². The third-order valence-electron chi connectivity index (χ3n) is 13.5. The van der Waals surface area contributed by atoms with E-state index in [2.05, 4.69) is 37.0 Å². The lowest BCUT2D eigenvalue weighted by Crippen LogP contribution is -2.54. The molecule has 0 aromatic rings. The molecule has 12 atom stereocenters. The van der Waals surface area contributed by atoms with Gasteiger partial charge in [0.05, 0.1) is 11.3 Å². The predicted molar refractivity (Wildman–Crippen MR) is 168 cm³/mol. The Morgan fingerprint density at radius 3 is 2.47 bits per heavy atom. The number of hydrogen-bond acceptors (Lipinski definition) is 10. The van der Waals surface area contributed by atoms with Gasteiger partial charge in [-0.1, -0.05) is 20.8 Å². The summed E-state index contributed by atoms with van der Waals surface area (Å²) in [5.74, 6) is 0.900. The van der Waals surface area contributed by atoms with Crippen molar-refractivity contribution in [1.29, 1.82) is 0 Å². The number of carbonyl (C=O) groups excluding carboxylic acids is 1. The molecular formula is C34H50N4O9. The quantitative estimate of drug-likeness (QED) is 0.120. The Balaban J connectivity index is 1.09. The molecule has 13 heteroatoms. The molecule has 0 amide bonds. The molecule has 5 fully saturated rings. The standard InChI is InChI=1S/C34H50N4O9/c1-18(4-11-28(39)40)22-7-8-23-21-6-5-19-16-20(12-14-33(19,2)24(21)13-15-34(22,23)3)46-32(43)26(17-29(41)42)35-25-9-10-27(38(44)45)31-30(25)36-47-37-31/h9-10,18-24,26,30-31,35-37H,4-8,11-17H2,1-3H3,(H,39,40)(H,41,42)/t18-,19-,20+,21+,22?,23+,24+,26+,30?,31?,33+,34-/m1/s1. The minimum Gasteiger partial charge on any atom is -0.481 e. The molecule has 260 valence electrons. The number of hydrogen-bond donors (Lipinski definition) is 5. The first-order valence-corrected chi connectivity index (χ1v) is 17.5. The minimum atomic E-state index is -1.17. The summed E-state index contributed by atoms with van der Waals surface area (Å²) < 4.78 is 6.04. The lowest BCUT2D eigenvalue weighted by atomic mass is 9.44. The molecule has 6 rings (SSSR count). The van der Waals surface area contributed by atoms with Crippen molar-refractivity contribution in [3.63, 3.8) is 0 Å². The maximum absolute atomic E-state index is 13.5. The first kappa shape index (κ1) is 33.9. The molecule has 0 radical (unpaired) electrons. The van der Waals surface area contributed by atoms with Crippen LogP contribution in [-0.4, -0.2) is 57.3 Å². The van der Waals surface area contributed by atoms with Gasteiger partial charge in [0.2, 0.25) is 0 Å². The van der Waals surface area contributed by atoms with Crippen LogP contribution in [-0.2, 0) is 24.1 Å². The largest absolute Gasteiger partial charge is 0.481 e. The number of nitrogens with one attached hydrogen (secondary N) is 3. The van der Waals surface area contributed by atoms with Gasteiger partial charge in [-0.25, -0.2) is 9.73 Å². The number of hydroxylamine groups is 2. The smallest absolute Gasteiger partial charge is 0.329 e. The van der Waals surface area contributed by atoms with Crippen molar-refractivity contribution in [3.05, 3.63) is 33.7 Å². The maximum atomic E-state index is 13.5. The summed E-state index contributed by atoms with van der Waals surface area (Å²) in [5, 5.41) is 33.3. The van der Waals surface area contributed by atoms with Gasteiger partial charge in [-0.3, -0.25) is 19.7 Å². The first-order chi connectivity index (χ1) is 22.3. The number of aliphatic carboxylic acids is 2. The molecule has 5 aliphatic carbocycles. The average molecular weight is 659 g/mol. The number of ether oxygens (including phenoxy) is 1. The van der Waals surface area contributed by atoms with E-state index in [1.54, 1.807) is 0 Å². The predicted octanol–water partition coefficient (Wildman–Crippen LogP) is 4.33. The van der Waals surface area contributed by atoms with Crippen molar-refractivity contribution in [3.8, 4) is 0 Å². The summed E-state index contributed by atoms with van der Waals surface area (Å²) in [4.78, 5) is 52.5. The fourth-order valence-electron chi connectivity index (χ4n) is 11.1. The molecular weight excluding hydrogens is 608 g/mol. The van der Waals surface area contributed by atoms with Crippen LogP contribution in [0.25, 0.3) is 0 Å². The van der Waals surface area contributed by atoms with Gasteiger partial charge in [0.1, 0.15) is 24.2 Å². The molecule has 0 aromatic heterocycles. The second-order valence-electron chi connectivity index (χ2n) is 15.7. The van der Waals surface area contributed by atoms with Crippen molar-refractivity contribution in [2.75, 3.05) is 0 Å². The fourth-order valence-corrected chi connectivity index (χ4v) is 11.1. The Morgan fingerprint density at radius 2 is 1.74 bits per heavy atom. The highest BCUT2D eigenvalue weighted by atomic mass is 16.8. The number of esters is 1. The zero-order valence-corrected chi connectivity index (χ0v) is 27.6. The summed E-state index contributed by atoms with van der Waals surface area (Å²) in [6.07, 6.45) is 12.5. The second kappa shape index (κ2) is 13.1. The highest BCUT2D eigenvalue weighted by Gasteiger charge is 2.61. The van der Waals surface area contributed by atoms with Crippen molar-refractivity contribution in [2.45, 2.75) is 122 Å². The average Bonchev–Trinajstić information content (AvgIpc) is 3.64. The normalized spacial score (nSPS) is 40.3. The highest BCUT2D eigenvalue weighted by molar-refractivity contribution is 5.82. The molecule has 6 aliphatic rings. The van der Waals surface area contributed by atoms with E-state index in [4.69, 9.17) is 9.68 Å². The molecule has 0 bridgehead atoms. The number of rotatable bonds is 11. The van der Waals surface area contributed by atoms with Gasteiger partial charge in [-0.2, -0.15) is 11.0 Å².